The molecule has 1 saturated heterocycles. The Bertz CT molecular complexity index is 661. The number of benzene rings is 1. The van der Waals surface area contributed by atoms with Gasteiger partial charge in [-0.3, -0.25) is 4.79 Å². The Hall–Kier alpha value is -0.890. The van der Waals surface area contributed by atoms with Crippen LogP contribution in [0.15, 0.2) is 18.2 Å². The van der Waals surface area contributed by atoms with Crippen LogP contribution in [0.5, 0.6) is 0 Å². The van der Waals surface area contributed by atoms with Gasteiger partial charge in [0.15, 0.2) is 14.6 Å². The van der Waals surface area contributed by atoms with Gasteiger partial charge >= 0.3 is 0 Å². The van der Waals surface area contributed by atoms with Gasteiger partial charge in [0, 0.05) is 11.9 Å². The zero-order valence-electron chi connectivity index (χ0n) is 11.9. The van der Waals surface area contributed by atoms with Crippen LogP contribution >= 0.6 is 24.0 Å². The molecule has 0 aliphatic carbocycles. The molecular formula is C13H17Cl2FN2O3S. The Morgan fingerprint density at radius 2 is 1.95 bits per heavy atom. The first-order valence-electron chi connectivity index (χ1n) is 6.43. The number of carbonyl (C=O) groups excluding carboxylic acids is 1. The van der Waals surface area contributed by atoms with Crippen LogP contribution in [-0.2, 0) is 14.6 Å². The smallest absolute Gasteiger partial charge is 0.245 e. The standard InChI is InChI=1S/C13H16ClFN2O3S.ClH/c1-21(19,20)13(4-6-16-7-5-13)12(18)17-9-2-3-11(15)10(14)8-9;/h2-3,8,16H,4-7H2,1H3,(H,17,18);1H. The predicted molar refractivity (Wildman–Crippen MR) is 87.0 cm³/mol. The lowest BCUT2D eigenvalue weighted by atomic mass is 9.95. The van der Waals surface area contributed by atoms with Gasteiger partial charge in [0.05, 0.1) is 5.02 Å². The molecule has 1 aromatic rings. The van der Waals surface area contributed by atoms with Crippen molar-refractivity contribution in [1.82, 2.24) is 5.32 Å². The zero-order valence-corrected chi connectivity index (χ0v) is 14.2. The number of amides is 1. The van der Waals surface area contributed by atoms with Crippen molar-refractivity contribution in [3.05, 3.63) is 29.0 Å². The summed E-state index contributed by atoms with van der Waals surface area (Å²) >= 11 is 5.65. The van der Waals surface area contributed by atoms with Gasteiger partial charge in [-0.25, -0.2) is 12.8 Å². The molecule has 0 atom stereocenters. The fraction of sp³-hybridized carbons (Fsp3) is 0.462. The predicted octanol–water partition coefficient (Wildman–Crippen LogP) is 2.01. The monoisotopic (exact) mass is 370 g/mol. The van der Waals surface area contributed by atoms with Gasteiger partial charge in [-0.05, 0) is 44.1 Å². The maximum atomic E-state index is 13.1. The Morgan fingerprint density at radius 3 is 2.45 bits per heavy atom. The lowest BCUT2D eigenvalue weighted by Crippen LogP contribution is -2.55. The van der Waals surface area contributed by atoms with E-state index in [1.54, 1.807) is 0 Å². The number of rotatable bonds is 3. The third-order valence-corrected chi connectivity index (χ3v) is 6.02. The molecule has 0 spiro atoms. The Balaban J connectivity index is 0.00000242. The molecule has 0 bridgehead atoms. The van der Waals surface area contributed by atoms with Crippen LogP contribution in [0, 0.1) is 5.82 Å². The Kier molecular flexibility index (Phi) is 6.20. The Labute approximate surface area is 139 Å². The molecule has 5 nitrogen and oxygen atoms in total. The topological polar surface area (TPSA) is 75.3 Å². The summed E-state index contributed by atoms with van der Waals surface area (Å²) in [6, 6.07) is 3.72. The molecule has 1 aromatic carbocycles. The fourth-order valence-electron chi connectivity index (χ4n) is 2.42. The maximum absolute atomic E-state index is 13.1. The largest absolute Gasteiger partial charge is 0.325 e. The van der Waals surface area contributed by atoms with Gasteiger partial charge in [-0.15, -0.1) is 12.4 Å². The van der Waals surface area contributed by atoms with E-state index < -0.39 is 26.3 Å². The average molecular weight is 371 g/mol. The van der Waals surface area contributed by atoms with E-state index in [1.165, 1.54) is 12.1 Å². The molecule has 1 amide bonds. The minimum atomic E-state index is -3.58. The van der Waals surface area contributed by atoms with E-state index in [1.807, 2.05) is 0 Å². The van der Waals surface area contributed by atoms with Gasteiger partial charge in [0.25, 0.3) is 0 Å². The van der Waals surface area contributed by atoms with E-state index in [4.69, 9.17) is 11.6 Å². The summed E-state index contributed by atoms with van der Waals surface area (Å²) in [5.41, 5.74) is 0.271. The van der Waals surface area contributed by atoms with Crippen LogP contribution in [-0.4, -0.2) is 38.4 Å². The normalized spacial score (nSPS) is 17.4. The fourth-order valence-corrected chi connectivity index (χ4v) is 3.93. The summed E-state index contributed by atoms with van der Waals surface area (Å²) < 4.78 is 35.8. The summed E-state index contributed by atoms with van der Waals surface area (Å²) in [4.78, 5) is 12.5. The molecule has 2 rings (SSSR count). The number of carbonyl (C=O) groups is 1. The highest BCUT2D eigenvalue weighted by atomic mass is 35.5. The van der Waals surface area contributed by atoms with E-state index >= 15 is 0 Å². The number of sulfone groups is 1. The molecule has 0 aromatic heterocycles. The molecule has 0 unspecified atom stereocenters. The minimum Gasteiger partial charge on any atom is -0.325 e. The number of piperidine rings is 1. The molecule has 22 heavy (non-hydrogen) atoms. The first-order chi connectivity index (χ1) is 9.76. The summed E-state index contributed by atoms with van der Waals surface area (Å²) in [6.45, 7) is 0.898. The van der Waals surface area contributed by atoms with Crippen molar-refractivity contribution in [3.63, 3.8) is 0 Å². The van der Waals surface area contributed by atoms with E-state index in [0.717, 1.165) is 12.3 Å². The number of hydrogen-bond acceptors (Lipinski definition) is 4. The molecule has 9 heteroatoms. The third kappa shape index (κ3) is 3.71. The van der Waals surface area contributed by atoms with Gasteiger partial charge in [0.2, 0.25) is 5.91 Å². The van der Waals surface area contributed by atoms with Crippen molar-refractivity contribution < 1.29 is 17.6 Å². The first-order valence-corrected chi connectivity index (χ1v) is 8.70. The molecule has 1 aliphatic heterocycles. The number of hydrogen-bond donors (Lipinski definition) is 2. The van der Waals surface area contributed by atoms with Crippen LogP contribution < -0.4 is 10.6 Å². The van der Waals surface area contributed by atoms with Gasteiger partial charge in [-0.1, -0.05) is 11.6 Å². The second-order valence-corrected chi connectivity index (χ2v) is 7.83. The summed E-state index contributed by atoms with van der Waals surface area (Å²) in [6.07, 6.45) is 1.47. The summed E-state index contributed by atoms with van der Waals surface area (Å²) in [5.74, 6) is -1.21. The second-order valence-electron chi connectivity index (χ2n) is 5.10. The first kappa shape index (κ1) is 19.2. The van der Waals surface area contributed by atoms with Crippen LogP contribution in [0.4, 0.5) is 10.1 Å². The SMILES string of the molecule is CS(=O)(=O)C1(C(=O)Nc2ccc(F)c(Cl)c2)CCNCC1.Cl. The van der Waals surface area contributed by atoms with Crippen LogP contribution in [0.25, 0.3) is 0 Å². The van der Waals surface area contributed by atoms with Crippen molar-refractivity contribution in [1.29, 1.82) is 0 Å². The highest BCUT2D eigenvalue weighted by Crippen LogP contribution is 2.30. The zero-order chi connectivity index (χ0) is 15.7. The van der Waals surface area contributed by atoms with Crippen molar-refractivity contribution in [3.8, 4) is 0 Å². The van der Waals surface area contributed by atoms with Crippen molar-refractivity contribution in [2.75, 3.05) is 24.7 Å². The third-order valence-electron chi connectivity index (χ3n) is 3.71. The molecule has 0 radical (unpaired) electrons. The van der Waals surface area contributed by atoms with Crippen molar-refractivity contribution >= 4 is 45.4 Å². The molecule has 0 saturated carbocycles. The van der Waals surface area contributed by atoms with Crippen molar-refractivity contribution in [2.24, 2.45) is 0 Å². The van der Waals surface area contributed by atoms with Gasteiger partial charge in [-0.2, -0.15) is 0 Å². The van der Waals surface area contributed by atoms with Crippen LogP contribution in [0.3, 0.4) is 0 Å². The Morgan fingerprint density at radius 1 is 1.36 bits per heavy atom. The van der Waals surface area contributed by atoms with Crippen LogP contribution in [0.1, 0.15) is 12.8 Å². The van der Waals surface area contributed by atoms with Gasteiger partial charge in [0.1, 0.15) is 5.82 Å². The lowest BCUT2D eigenvalue weighted by molar-refractivity contribution is -0.119. The molecule has 124 valence electrons. The lowest BCUT2D eigenvalue weighted by Gasteiger charge is -2.34. The van der Waals surface area contributed by atoms with E-state index in [-0.39, 0.29) is 36.0 Å². The van der Waals surface area contributed by atoms with E-state index in [9.17, 15) is 17.6 Å². The van der Waals surface area contributed by atoms with E-state index in [0.29, 0.717) is 13.1 Å². The number of nitrogens with one attached hydrogen (secondary N) is 2. The molecule has 1 heterocycles. The summed E-state index contributed by atoms with van der Waals surface area (Å²) in [7, 11) is -3.58. The van der Waals surface area contributed by atoms with Gasteiger partial charge < -0.3 is 10.6 Å². The number of anilines is 1. The van der Waals surface area contributed by atoms with E-state index in [2.05, 4.69) is 10.6 Å². The minimum absolute atomic E-state index is 0. The quantitative estimate of drug-likeness (QED) is 0.853. The molecule has 1 aliphatic rings. The maximum Gasteiger partial charge on any atom is 0.245 e. The number of halogens is 3. The summed E-state index contributed by atoms with van der Waals surface area (Å²) in [5, 5.41) is 5.43. The molecular weight excluding hydrogens is 354 g/mol. The highest BCUT2D eigenvalue weighted by Gasteiger charge is 2.48. The molecule has 1 fully saturated rings. The second kappa shape index (κ2) is 7.12. The average Bonchev–Trinajstić information content (AvgIpc) is 2.42. The molecule has 2 N–H and O–H groups in total. The van der Waals surface area contributed by atoms with Crippen LogP contribution in [0.2, 0.25) is 5.02 Å². The highest BCUT2D eigenvalue weighted by molar-refractivity contribution is 7.92. The van der Waals surface area contributed by atoms with Crippen molar-refractivity contribution in [2.45, 2.75) is 17.6 Å².